The van der Waals surface area contributed by atoms with Crippen LogP contribution >= 0.6 is 0 Å². The maximum atomic E-state index is 7.98. The van der Waals surface area contributed by atoms with Crippen LogP contribution in [0.1, 0.15) is 0 Å². The van der Waals surface area contributed by atoms with Crippen LogP contribution in [0, 0.1) is 0 Å². The molecule has 0 N–H and O–H groups in total. The van der Waals surface area contributed by atoms with Crippen LogP contribution in [0.2, 0.25) is 0 Å². The first-order valence-electron chi connectivity index (χ1n) is 19.0. The monoisotopic (exact) mass is 1020 g/mol. The summed E-state index contributed by atoms with van der Waals surface area (Å²) in [5, 5.41) is 38.0. The van der Waals surface area contributed by atoms with Gasteiger partial charge in [0.15, 0.2) is 0 Å². The van der Waals surface area contributed by atoms with Gasteiger partial charge in [0.2, 0.25) is 0 Å². The molecular weight excluding hydrogens is 976 g/mol. The molecule has 1 saturated heterocycles. The molecule has 0 amide bonds. The molecule has 0 saturated carbocycles. The Morgan fingerprint density at radius 1 is 0.217 bits per heavy atom. The fourth-order valence-electron chi connectivity index (χ4n) is 6.30. The Bertz CT molecular complexity index is 2450. The van der Waals surface area contributed by atoms with Crippen molar-refractivity contribution in [2.45, 2.75) is 0 Å². The number of rotatable bonds is 12. The quantitative estimate of drug-likeness (QED) is 0.0895. The molecule has 1 aliphatic rings. The van der Waals surface area contributed by atoms with Crippen molar-refractivity contribution >= 4 is 97.9 Å². The third-order valence-electron chi connectivity index (χ3n) is 9.12. The van der Waals surface area contributed by atoms with Gasteiger partial charge in [0, 0.05) is 0 Å². The summed E-state index contributed by atoms with van der Waals surface area (Å²) >= 11 is -9.13. The van der Waals surface area contributed by atoms with Gasteiger partial charge in [0.25, 0.3) is 0 Å². The average Bonchev–Trinajstić information content (AvgIpc) is 3.31. The molecule has 8 aromatic rings. The summed E-state index contributed by atoms with van der Waals surface area (Å²) in [5.41, 5.74) is 5.47. The summed E-state index contributed by atoms with van der Waals surface area (Å²) in [5.74, 6) is 0. The topological polar surface area (TPSA) is 117 Å². The summed E-state index contributed by atoms with van der Waals surface area (Å²) in [6, 6.07) is 70.4. The summed E-state index contributed by atoms with van der Waals surface area (Å²) < 4.78 is 19.3. The van der Waals surface area contributed by atoms with Gasteiger partial charge in [-0.3, -0.25) is 0 Å². The van der Waals surface area contributed by atoms with Crippen molar-refractivity contribution in [2.24, 2.45) is 40.9 Å². The number of benzene rings is 8. The molecule has 8 aromatic carbocycles. The van der Waals surface area contributed by atoms with Gasteiger partial charge < -0.3 is 0 Å². The van der Waals surface area contributed by atoms with Crippen LogP contribution in [-0.4, -0.2) is 38.0 Å². The summed E-state index contributed by atoms with van der Waals surface area (Å²) in [6.07, 6.45) is 0. The number of hydrogen-bond donors (Lipinski definition) is 0. The van der Waals surface area contributed by atoms with Crippen molar-refractivity contribution in [1.82, 2.24) is 0 Å². The van der Waals surface area contributed by atoms with Crippen LogP contribution in [0.25, 0.3) is 0 Å². The Hall–Kier alpha value is -6.34. The van der Waals surface area contributed by atoms with E-state index in [0.717, 1.165) is 37.2 Å². The second-order valence-corrected chi connectivity index (χ2v) is 29.9. The first-order chi connectivity index (χ1) is 29.7. The van der Waals surface area contributed by atoms with Crippen molar-refractivity contribution in [1.29, 1.82) is 0 Å². The van der Waals surface area contributed by atoms with E-state index in [1.165, 1.54) is 0 Å². The van der Waals surface area contributed by atoms with Gasteiger partial charge in [-0.05, 0) is 0 Å². The van der Waals surface area contributed by atoms with E-state index < -0.39 is 38.0 Å². The first kappa shape index (κ1) is 39.1. The van der Waals surface area contributed by atoms with Gasteiger partial charge in [0.05, 0.1) is 0 Å². The second-order valence-electron chi connectivity index (χ2n) is 13.2. The zero-order valence-corrected chi connectivity index (χ0v) is 36.7. The van der Waals surface area contributed by atoms with Crippen LogP contribution < -0.4 is 14.4 Å². The van der Waals surface area contributed by atoms with Crippen molar-refractivity contribution in [2.75, 3.05) is 0 Å². The number of azo groups is 4. The molecule has 0 spiro atoms. The standard InChI is InChI=1S/C48H36N8O2Te2/c1-5-21-37(22-6-1)49-53-41-29-13-17-33-45(41)59(46-34-18-14-30-42(46)54-50-38-23-7-2-8-24-38)57-60(58-59,47-35-19-15-31-43(47)55-51-39-25-9-3-10-26-39)48-36-20-16-32-44(48)56-52-40-27-11-4-12-28-40/h1-36H. The van der Waals surface area contributed by atoms with Crippen molar-refractivity contribution < 1.29 is 2.93 Å². The summed E-state index contributed by atoms with van der Waals surface area (Å²) in [7, 11) is 0. The van der Waals surface area contributed by atoms with Crippen LogP contribution in [0.5, 0.6) is 0 Å². The molecule has 12 heteroatoms. The maximum absolute atomic E-state index is 7.98. The van der Waals surface area contributed by atoms with Crippen LogP contribution in [-0.2, 0) is 2.93 Å². The third kappa shape index (κ3) is 8.40. The zero-order valence-electron chi connectivity index (χ0n) is 32.0. The molecule has 60 heavy (non-hydrogen) atoms. The van der Waals surface area contributed by atoms with Crippen molar-refractivity contribution in [3.63, 3.8) is 0 Å². The SMILES string of the molecule is c1ccc(N=Nc2ccccc2[Te]2(c3ccccc3N=Nc3ccccc3)O[Te](c3ccccc3N=Nc3ccccc3)(c3ccccc3N=Nc3ccccc3)O2)cc1. The fourth-order valence-corrected chi connectivity index (χ4v) is 40.0. The van der Waals surface area contributed by atoms with Crippen molar-refractivity contribution in [3.05, 3.63) is 218 Å². The molecule has 1 heterocycles. The van der Waals surface area contributed by atoms with Crippen LogP contribution in [0.15, 0.2) is 259 Å². The molecule has 0 aromatic heterocycles. The molecule has 0 aliphatic carbocycles. The molecule has 1 aliphatic heterocycles. The van der Waals surface area contributed by atoms with Gasteiger partial charge in [-0.2, -0.15) is 0 Å². The van der Waals surface area contributed by atoms with E-state index in [0.29, 0.717) is 22.7 Å². The molecule has 1 fully saturated rings. The summed E-state index contributed by atoms with van der Waals surface area (Å²) in [4.78, 5) is 0. The summed E-state index contributed by atoms with van der Waals surface area (Å²) in [6.45, 7) is 0. The van der Waals surface area contributed by atoms with Gasteiger partial charge in [0.1, 0.15) is 0 Å². The van der Waals surface area contributed by atoms with Crippen molar-refractivity contribution in [3.8, 4) is 0 Å². The van der Waals surface area contributed by atoms with Crippen LogP contribution in [0.4, 0.5) is 45.5 Å². The third-order valence-corrected chi connectivity index (χ3v) is 36.5. The molecular formula is C48H36N8O2Te2. The van der Waals surface area contributed by atoms with E-state index in [1.807, 2.05) is 218 Å². The predicted octanol–water partition coefficient (Wildman–Crippen LogP) is 12.2. The molecule has 292 valence electrons. The predicted molar refractivity (Wildman–Crippen MR) is 240 cm³/mol. The van der Waals surface area contributed by atoms with E-state index in [9.17, 15) is 0 Å². The van der Waals surface area contributed by atoms with Gasteiger partial charge in [-0.25, -0.2) is 0 Å². The number of nitrogens with zero attached hydrogens (tertiary/aromatic N) is 8. The Labute approximate surface area is 357 Å². The van der Waals surface area contributed by atoms with Gasteiger partial charge >= 0.3 is 360 Å². The normalized spacial score (nSPS) is 19.9. The van der Waals surface area contributed by atoms with Gasteiger partial charge in [-0.1, -0.05) is 0 Å². The molecule has 9 rings (SSSR count). The fraction of sp³-hybridized carbons (Fsp3) is 0. The molecule has 10 nitrogen and oxygen atoms in total. The van der Waals surface area contributed by atoms with Gasteiger partial charge in [-0.15, -0.1) is 0 Å². The van der Waals surface area contributed by atoms with Crippen LogP contribution in [0.3, 0.4) is 0 Å². The minimum absolute atomic E-state index is 0.642. The Kier molecular flexibility index (Phi) is 11.9. The average molecular weight is 1010 g/mol. The second kappa shape index (κ2) is 18.3. The van der Waals surface area contributed by atoms with E-state index >= 15 is 0 Å². The number of hydrogen-bond acceptors (Lipinski definition) is 10. The van der Waals surface area contributed by atoms with E-state index in [-0.39, 0.29) is 0 Å². The Morgan fingerprint density at radius 3 is 0.650 bits per heavy atom. The molecule has 0 bridgehead atoms. The van der Waals surface area contributed by atoms with E-state index in [4.69, 9.17) is 23.4 Å². The molecule has 0 atom stereocenters. The molecule has 0 radical (unpaired) electrons. The zero-order chi connectivity index (χ0) is 40.5. The van der Waals surface area contributed by atoms with E-state index in [2.05, 4.69) is 20.5 Å². The Balaban J connectivity index is 1.26. The van der Waals surface area contributed by atoms with E-state index in [1.54, 1.807) is 0 Å². The Morgan fingerprint density at radius 2 is 0.417 bits per heavy atom. The minimum atomic E-state index is -4.56. The first-order valence-corrected chi connectivity index (χ1v) is 27.5. The molecule has 0 unspecified atom stereocenters.